The van der Waals surface area contributed by atoms with Crippen LogP contribution in [-0.4, -0.2) is 11.6 Å². The normalized spacial score (nSPS) is 12.9. The van der Waals surface area contributed by atoms with E-state index in [1.54, 1.807) is 0 Å². The summed E-state index contributed by atoms with van der Waals surface area (Å²) < 4.78 is 5.57. The van der Waals surface area contributed by atoms with Gasteiger partial charge < -0.3 is 4.74 Å². The zero-order valence-corrected chi connectivity index (χ0v) is 9.10. The molecule has 0 aliphatic heterocycles. The second-order valence-electron chi connectivity index (χ2n) is 3.51. The molecule has 0 aliphatic rings. The molecule has 15 heavy (non-hydrogen) atoms. The summed E-state index contributed by atoms with van der Waals surface area (Å²) in [6.45, 7) is 4.76. The van der Waals surface area contributed by atoms with Crippen LogP contribution in [0.3, 0.4) is 0 Å². The Kier molecular flexibility index (Phi) is 2.97. The molecule has 0 N–H and O–H groups in total. The summed E-state index contributed by atoms with van der Waals surface area (Å²) in [5.74, 6) is 0. The number of hydrogen-bond donors (Lipinski definition) is 0. The van der Waals surface area contributed by atoms with E-state index in [2.05, 4.69) is 17.1 Å². The molecule has 1 aromatic carbocycles. The molecule has 1 heterocycles. The molecule has 1 aromatic heterocycles. The van der Waals surface area contributed by atoms with Gasteiger partial charge in [0.05, 0.1) is 11.8 Å². The lowest BCUT2D eigenvalue weighted by Crippen LogP contribution is -2.02. The van der Waals surface area contributed by atoms with E-state index in [0.29, 0.717) is 6.61 Å². The highest BCUT2D eigenvalue weighted by Gasteiger charge is 2.09. The van der Waals surface area contributed by atoms with Gasteiger partial charge in [0, 0.05) is 18.2 Å². The lowest BCUT2D eigenvalue weighted by atomic mass is 10.1. The molecular weight excluding hydrogens is 186 g/mol. The van der Waals surface area contributed by atoms with E-state index in [4.69, 9.17) is 4.74 Å². The van der Waals surface area contributed by atoms with Crippen LogP contribution in [0.4, 0.5) is 0 Å². The van der Waals surface area contributed by atoms with Gasteiger partial charge in [-0.2, -0.15) is 0 Å². The maximum atomic E-state index is 5.57. The van der Waals surface area contributed by atoms with Crippen LogP contribution in [0.1, 0.15) is 25.6 Å². The lowest BCUT2D eigenvalue weighted by Gasteiger charge is -2.13. The Morgan fingerprint density at radius 3 is 2.87 bits per heavy atom. The fourth-order valence-electron chi connectivity index (χ4n) is 1.80. The Labute approximate surface area is 89.9 Å². The van der Waals surface area contributed by atoms with Crippen molar-refractivity contribution in [1.82, 2.24) is 4.98 Å². The fourth-order valence-corrected chi connectivity index (χ4v) is 1.80. The smallest absolute Gasteiger partial charge is 0.0972 e. The molecule has 0 bridgehead atoms. The third-order valence-electron chi connectivity index (χ3n) is 2.51. The van der Waals surface area contributed by atoms with Crippen molar-refractivity contribution in [2.45, 2.75) is 20.0 Å². The number of nitrogens with zero attached hydrogens (tertiary/aromatic N) is 1. The maximum absolute atomic E-state index is 5.57. The van der Waals surface area contributed by atoms with Gasteiger partial charge in [-0.25, -0.2) is 0 Å². The maximum Gasteiger partial charge on any atom is 0.0972 e. The molecule has 2 heteroatoms. The lowest BCUT2D eigenvalue weighted by molar-refractivity contribution is 0.0745. The highest BCUT2D eigenvalue weighted by Crippen LogP contribution is 2.23. The molecule has 78 valence electrons. The zero-order valence-electron chi connectivity index (χ0n) is 9.10. The summed E-state index contributed by atoms with van der Waals surface area (Å²) in [5.41, 5.74) is 1.02. The number of benzene rings is 1. The number of pyridine rings is 1. The van der Waals surface area contributed by atoms with Crippen molar-refractivity contribution < 1.29 is 4.74 Å². The van der Waals surface area contributed by atoms with Crippen molar-refractivity contribution in [3.8, 4) is 0 Å². The van der Waals surface area contributed by atoms with Crippen LogP contribution in [0.15, 0.2) is 36.5 Å². The summed E-state index contributed by atoms with van der Waals surface area (Å²) in [5, 5.41) is 2.40. The van der Waals surface area contributed by atoms with Crippen LogP contribution in [0.25, 0.3) is 10.8 Å². The summed E-state index contributed by atoms with van der Waals surface area (Å²) >= 11 is 0. The Balaban J connectivity index is 2.50. The molecule has 1 atom stereocenters. The van der Waals surface area contributed by atoms with Crippen molar-refractivity contribution in [2.24, 2.45) is 0 Å². The molecule has 0 amide bonds. The van der Waals surface area contributed by atoms with E-state index >= 15 is 0 Å². The van der Waals surface area contributed by atoms with Gasteiger partial charge in [0.25, 0.3) is 0 Å². The number of aromatic nitrogens is 1. The molecule has 0 aliphatic carbocycles. The topological polar surface area (TPSA) is 22.1 Å². The Bertz CT molecular complexity index is 448. The van der Waals surface area contributed by atoms with Gasteiger partial charge in [-0.15, -0.1) is 0 Å². The molecule has 0 spiro atoms. The van der Waals surface area contributed by atoms with Crippen molar-refractivity contribution in [3.63, 3.8) is 0 Å². The average Bonchev–Trinajstić information content (AvgIpc) is 2.28. The second kappa shape index (κ2) is 4.41. The SMILES string of the molecule is CCO[C@@H](C)c1nccc2ccccc12. The first-order valence-corrected chi connectivity index (χ1v) is 5.28. The van der Waals surface area contributed by atoms with Gasteiger partial charge in [0.2, 0.25) is 0 Å². The molecule has 0 fully saturated rings. The third-order valence-corrected chi connectivity index (χ3v) is 2.51. The first-order valence-electron chi connectivity index (χ1n) is 5.28. The van der Waals surface area contributed by atoms with E-state index < -0.39 is 0 Å². The third kappa shape index (κ3) is 2.00. The van der Waals surface area contributed by atoms with Crippen LogP contribution < -0.4 is 0 Å². The monoisotopic (exact) mass is 201 g/mol. The molecule has 2 rings (SSSR count). The molecule has 0 radical (unpaired) electrons. The Morgan fingerprint density at radius 2 is 2.07 bits per heavy atom. The van der Waals surface area contributed by atoms with Crippen LogP contribution >= 0.6 is 0 Å². The summed E-state index contributed by atoms with van der Waals surface area (Å²) in [6.07, 6.45) is 1.90. The van der Waals surface area contributed by atoms with Crippen LogP contribution in [0.5, 0.6) is 0 Å². The van der Waals surface area contributed by atoms with Crippen molar-refractivity contribution in [3.05, 3.63) is 42.2 Å². The van der Waals surface area contributed by atoms with E-state index in [1.165, 1.54) is 10.8 Å². The molecule has 2 aromatic rings. The van der Waals surface area contributed by atoms with E-state index in [9.17, 15) is 0 Å². The van der Waals surface area contributed by atoms with Gasteiger partial charge in [-0.3, -0.25) is 4.98 Å². The Morgan fingerprint density at radius 1 is 1.27 bits per heavy atom. The van der Waals surface area contributed by atoms with Gasteiger partial charge in [-0.1, -0.05) is 24.3 Å². The average molecular weight is 201 g/mol. The molecular formula is C13H15NO. The van der Waals surface area contributed by atoms with Crippen molar-refractivity contribution in [2.75, 3.05) is 6.61 Å². The molecule has 0 unspecified atom stereocenters. The standard InChI is InChI=1S/C13H15NO/c1-3-15-10(2)13-12-7-5-4-6-11(12)8-9-14-13/h4-10H,3H2,1-2H3/t10-/m0/s1. The van der Waals surface area contributed by atoms with Crippen LogP contribution in [0.2, 0.25) is 0 Å². The first-order chi connectivity index (χ1) is 7.33. The van der Waals surface area contributed by atoms with Gasteiger partial charge in [0.15, 0.2) is 0 Å². The number of rotatable bonds is 3. The highest BCUT2D eigenvalue weighted by atomic mass is 16.5. The minimum atomic E-state index is 0.0566. The zero-order chi connectivity index (χ0) is 10.7. The quantitative estimate of drug-likeness (QED) is 0.759. The predicted octanol–water partition coefficient (Wildman–Crippen LogP) is 3.33. The number of hydrogen-bond acceptors (Lipinski definition) is 2. The van der Waals surface area contributed by atoms with Crippen molar-refractivity contribution >= 4 is 10.8 Å². The van der Waals surface area contributed by atoms with Crippen LogP contribution in [-0.2, 0) is 4.74 Å². The predicted molar refractivity (Wildman–Crippen MR) is 61.8 cm³/mol. The van der Waals surface area contributed by atoms with E-state index in [-0.39, 0.29) is 6.10 Å². The molecule has 0 saturated carbocycles. The van der Waals surface area contributed by atoms with Crippen LogP contribution in [0, 0.1) is 0 Å². The first kappa shape index (κ1) is 10.1. The summed E-state index contributed by atoms with van der Waals surface area (Å²) in [7, 11) is 0. The van der Waals surface area contributed by atoms with Gasteiger partial charge in [0.1, 0.15) is 0 Å². The minimum absolute atomic E-state index is 0.0566. The largest absolute Gasteiger partial charge is 0.372 e. The van der Waals surface area contributed by atoms with Gasteiger partial charge in [-0.05, 0) is 25.3 Å². The van der Waals surface area contributed by atoms with Crippen molar-refractivity contribution in [1.29, 1.82) is 0 Å². The van der Waals surface area contributed by atoms with E-state index in [0.717, 1.165) is 5.69 Å². The molecule has 2 nitrogen and oxygen atoms in total. The highest BCUT2D eigenvalue weighted by molar-refractivity contribution is 5.84. The number of fused-ring (bicyclic) bond motifs is 1. The Hall–Kier alpha value is -1.41. The summed E-state index contributed by atoms with van der Waals surface area (Å²) in [4.78, 5) is 4.40. The summed E-state index contributed by atoms with van der Waals surface area (Å²) in [6, 6.07) is 10.3. The fraction of sp³-hybridized carbons (Fsp3) is 0.308. The van der Waals surface area contributed by atoms with E-state index in [1.807, 2.05) is 38.2 Å². The number of ether oxygens (including phenoxy) is 1. The van der Waals surface area contributed by atoms with Gasteiger partial charge >= 0.3 is 0 Å². The molecule has 0 saturated heterocycles. The minimum Gasteiger partial charge on any atom is -0.372 e. The second-order valence-corrected chi connectivity index (χ2v) is 3.51.